The summed E-state index contributed by atoms with van der Waals surface area (Å²) in [6.07, 6.45) is -0.681. The minimum atomic E-state index is -1.17. The highest BCUT2D eigenvalue weighted by atomic mass is 16.5. The summed E-state index contributed by atoms with van der Waals surface area (Å²) in [4.78, 5) is 37.7. The van der Waals surface area contributed by atoms with Crippen LogP contribution in [-0.4, -0.2) is 41.8 Å². The lowest BCUT2D eigenvalue weighted by Crippen LogP contribution is -2.58. The Balaban J connectivity index is 1.69. The van der Waals surface area contributed by atoms with Gasteiger partial charge in [-0.2, -0.15) is 0 Å². The molecule has 2 amide bonds. The van der Waals surface area contributed by atoms with E-state index in [1.807, 2.05) is 64.1 Å². The number of rotatable bonds is 9. The molecule has 0 saturated heterocycles. The summed E-state index contributed by atoms with van der Waals surface area (Å²) in [6.45, 7) is 10.7. The molecule has 1 aliphatic carbocycles. The van der Waals surface area contributed by atoms with Crippen molar-refractivity contribution in [2.75, 3.05) is 6.61 Å². The van der Waals surface area contributed by atoms with Crippen molar-refractivity contribution in [2.24, 2.45) is 17.3 Å². The average molecular weight is 481 g/mol. The maximum atomic E-state index is 13.1. The third-order valence-electron chi connectivity index (χ3n) is 6.86. The summed E-state index contributed by atoms with van der Waals surface area (Å²) in [5.74, 6) is -1.85. The lowest BCUT2D eigenvalue weighted by atomic mass is 9.78. The highest BCUT2D eigenvalue weighted by Crippen LogP contribution is 2.44. The molecule has 7 heteroatoms. The van der Waals surface area contributed by atoms with E-state index < -0.39 is 35.5 Å². The molecule has 2 atom stereocenters. The summed E-state index contributed by atoms with van der Waals surface area (Å²) < 4.78 is 5.60. The zero-order valence-corrected chi connectivity index (χ0v) is 21.3. The van der Waals surface area contributed by atoms with Gasteiger partial charge in [-0.05, 0) is 47.9 Å². The number of amides is 2. The maximum absolute atomic E-state index is 13.1. The number of nitrogens with one attached hydrogen (secondary N) is 2. The highest BCUT2D eigenvalue weighted by molar-refractivity contribution is 5.87. The molecule has 0 spiro atoms. The fraction of sp³-hybridized carbons (Fsp3) is 0.464. The van der Waals surface area contributed by atoms with Crippen LogP contribution in [0.25, 0.3) is 11.1 Å². The topological polar surface area (TPSA) is 105 Å². The first-order valence-electron chi connectivity index (χ1n) is 12.1. The molecule has 0 saturated carbocycles. The van der Waals surface area contributed by atoms with Crippen LogP contribution in [0.1, 0.15) is 58.6 Å². The monoisotopic (exact) mass is 480 g/mol. The predicted octanol–water partition coefficient (Wildman–Crippen LogP) is 4.80. The Morgan fingerprint density at radius 3 is 1.86 bits per heavy atom. The molecule has 1 aliphatic rings. The number of carbonyl (C=O) groups excluding carboxylic acids is 2. The first kappa shape index (κ1) is 26.3. The van der Waals surface area contributed by atoms with Crippen LogP contribution in [0.3, 0.4) is 0 Å². The summed E-state index contributed by atoms with van der Waals surface area (Å²) in [5.41, 5.74) is 3.31. The number of hydrogen-bond donors (Lipinski definition) is 3. The van der Waals surface area contributed by atoms with Gasteiger partial charge >= 0.3 is 12.1 Å². The highest BCUT2D eigenvalue weighted by Gasteiger charge is 2.41. The first-order valence-corrected chi connectivity index (χ1v) is 12.1. The van der Waals surface area contributed by atoms with E-state index in [9.17, 15) is 19.5 Å². The van der Waals surface area contributed by atoms with Gasteiger partial charge in [-0.3, -0.25) is 9.59 Å². The van der Waals surface area contributed by atoms with E-state index in [1.165, 1.54) is 0 Å². The largest absolute Gasteiger partial charge is 0.481 e. The zero-order chi connectivity index (χ0) is 25.9. The van der Waals surface area contributed by atoms with Gasteiger partial charge in [0.2, 0.25) is 5.91 Å². The maximum Gasteiger partial charge on any atom is 0.407 e. The molecular formula is C28H36N2O5. The molecule has 0 radical (unpaired) electrons. The second-order valence-electron chi connectivity index (χ2n) is 10.4. The van der Waals surface area contributed by atoms with Crippen LogP contribution in [0.5, 0.6) is 0 Å². The van der Waals surface area contributed by atoms with Crippen molar-refractivity contribution in [1.82, 2.24) is 10.6 Å². The van der Waals surface area contributed by atoms with Crippen molar-refractivity contribution in [3.05, 3.63) is 59.7 Å². The number of carbonyl (C=O) groups is 3. The van der Waals surface area contributed by atoms with Crippen molar-refractivity contribution in [2.45, 2.75) is 59.5 Å². The number of hydrogen-bond acceptors (Lipinski definition) is 4. The van der Waals surface area contributed by atoms with Gasteiger partial charge in [-0.25, -0.2) is 4.79 Å². The minimum Gasteiger partial charge on any atom is -0.481 e. The van der Waals surface area contributed by atoms with Crippen LogP contribution in [0.4, 0.5) is 4.79 Å². The van der Waals surface area contributed by atoms with E-state index in [0.717, 1.165) is 22.3 Å². The molecular weight excluding hydrogens is 444 g/mol. The summed E-state index contributed by atoms with van der Waals surface area (Å²) in [7, 11) is 0. The van der Waals surface area contributed by atoms with E-state index in [-0.39, 0.29) is 24.4 Å². The summed E-state index contributed by atoms with van der Waals surface area (Å²) in [5, 5.41) is 15.2. The van der Waals surface area contributed by atoms with Gasteiger partial charge in [0, 0.05) is 12.0 Å². The SMILES string of the molecule is CC(C)C(NC(=O)OCC1c2ccccc2-c2ccccc21)C(=O)NC(C(C)C)C(C)(C)C(=O)O. The third-order valence-corrected chi connectivity index (χ3v) is 6.86. The Morgan fingerprint density at radius 1 is 0.886 bits per heavy atom. The zero-order valence-electron chi connectivity index (χ0n) is 21.3. The fourth-order valence-corrected chi connectivity index (χ4v) is 4.86. The lowest BCUT2D eigenvalue weighted by Gasteiger charge is -2.35. The van der Waals surface area contributed by atoms with E-state index in [1.54, 1.807) is 13.8 Å². The van der Waals surface area contributed by atoms with Gasteiger partial charge < -0.3 is 20.5 Å². The van der Waals surface area contributed by atoms with Crippen LogP contribution in [0.15, 0.2) is 48.5 Å². The summed E-state index contributed by atoms with van der Waals surface area (Å²) >= 11 is 0. The van der Waals surface area contributed by atoms with Crippen molar-refractivity contribution in [1.29, 1.82) is 0 Å². The fourth-order valence-electron chi connectivity index (χ4n) is 4.86. The normalized spacial score (nSPS) is 14.7. The molecule has 0 aliphatic heterocycles. The molecule has 0 bridgehead atoms. The van der Waals surface area contributed by atoms with Crippen LogP contribution in [-0.2, 0) is 14.3 Å². The number of ether oxygens (including phenoxy) is 1. The Labute approximate surface area is 207 Å². The van der Waals surface area contributed by atoms with Gasteiger partial charge in [-0.15, -0.1) is 0 Å². The number of fused-ring (bicyclic) bond motifs is 3. The number of carboxylic acid groups (broad SMARTS) is 1. The lowest BCUT2D eigenvalue weighted by molar-refractivity contribution is -0.150. The molecule has 7 nitrogen and oxygen atoms in total. The average Bonchev–Trinajstić information content (AvgIpc) is 3.12. The number of carboxylic acids is 1. The van der Waals surface area contributed by atoms with Crippen LogP contribution in [0.2, 0.25) is 0 Å². The van der Waals surface area contributed by atoms with Gasteiger partial charge in [0.15, 0.2) is 0 Å². The molecule has 0 heterocycles. The van der Waals surface area contributed by atoms with E-state index in [4.69, 9.17) is 4.74 Å². The Morgan fingerprint density at radius 2 is 1.40 bits per heavy atom. The molecule has 188 valence electrons. The Kier molecular flexibility index (Phi) is 7.88. The second kappa shape index (κ2) is 10.5. The van der Waals surface area contributed by atoms with E-state index in [2.05, 4.69) is 22.8 Å². The van der Waals surface area contributed by atoms with Crippen molar-refractivity contribution >= 4 is 18.0 Å². The van der Waals surface area contributed by atoms with Crippen LogP contribution < -0.4 is 10.6 Å². The van der Waals surface area contributed by atoms with Gasteiger partial charge in [-0.1, -0.05) is 76.2 Å². The number of aliphatic carboxylic acids is 1. The molecule has 2 unspecified atom stereocenters. The Bertz CT molecular complexity index is 1050. The van der Waals surface area contributed by atoms with Crippen LogP contribution >= 0.6 is 0 Å². The van der Waals surface area contributed by atoms with Gasteiger partial charge in [0.1, 0.15) is 12.6 Å². The van der Waals surface area contributed by atoms with Crippen molar-refractivity contribution in [3.8, 4) is 11.1 Å². The van der Waals surface area contributed by atoms with Crippen molar-refractivity contribution in [3.63, 3.8) is 0 Å². The Hall–Kier alpha value is -3.35. The summed E-state index contributed by atoms with van der Waals surface area (Å²) in [6, 6.07) is 14.7. The standard InChI is InChI=1S/C28H36N2O5/c1-16(2)23(25(31)30-24(17(3)4)28(5,6)26(32)33)29-27(34)35-15-22-20-13-9-7-11-18(20)19-12-8-10-14-21(19)22/h7-14,16-17,22-24H,15H2,1-6H3,(H,29,34)(H,30,31)(H,32,33). The van der Waals surface area contributed by atoms with Crippen molar-refractivity contribution < 1.29 is 24.2 Å². The molecule has 35 heavy (non-hydrogen) atoms. The van der Waals surface area contributed by atoms with Gasteiger partial charge in [0.25, 0.3) is 0 Å². The smallest absolute Gasteiger partial charge is 0.407 e. The third kappa shape index (κ3) is 5.50. The molecule has 0 fully saturated rings. The molecule has 3 N–H and O–H groups in total. The van der Waals surface area contributed by atoms with E-state index in [0.29, 0.717) is 0 Å². The number of alkyl carbamates (subject to hydrolysis) is 1. The second-order valence-corrected chi connectivity index (χ2v) is 10.4. The molecule has 0 aromatic heterocycles. The molecule has 3 rings (SSSR count). The van der Waals surface area contributed by atoms with Crippen LogP contribution in [0, 0.1) is 17.3 Å². The van der Waals surface area contributed by atoms with Gasteiger partial charge in [0.05, 0.1) is 5.41 Å². The quantitative estimate of drug-likeness (QED) is 0.478. The predicted molar refractivity (Wildman–Crippen MR) is 135 cm³/mol. The van der Waals surface area contributed by atoms with E-state index >= 15 is 0 Å². The first-order chi connectivity index (χ1) is 16.4. The molecule has 2 aromatic rings. The number of benzene rings is 2. The molecule has 2 aromatic carbocycles. The minimum absolute atomic E-state index is 0.0823.